The van der Waals surface area contributed by atoms with E-state index in [1.54, 1.807) is 0 Å². The topological polar surface area (TPSA) is 43.1 Å². The first-order valence-electron chi connectivity index (χ1n) is 0.534. The first kappa shape index (κ1) is 9.13. The fourth-order valence-electron chi connectivity index (χ4n) is 0. The van der Waals surface area contributed by atoms with Crippen molar-refractivity contribution in [1.29, 1.82) is 0 Å². The zero-order chi connectivity index (χ0) is 3.58. The maximum atomic E-state index is 8.57. The van der Waals surface area contributed by atoms with Crippen LogP contribution in [0.2, 0.25) is 0 Å². The van der Waals surface area contributed by atoms with Crippen LogP contribution in [0.1, 0.15) is 0 Å². The predicted octanol–water partition coefficient (Wildman–Crippen LogP) is 0.414. The second-order valence-electron chi connectivity index (χ2n) is 0.213. The molecule has 5 heteroatoms. The third kappa shape index (κ3) is 92.2. The molecule has 3 nitrogen and oxygen atoms in total. The van der Waals surface area contributed by atoms with E-state index in [1.807, 2.05) is 0 Å². The second-order valence-corrected chi connectivity index (χ2v) is 0.489. The Balaban J connectivity index is 0. The number of hydrogen-bond acceptors (Lipinski definition) is 2. The van der Waals surface area contributed by atoms with Gasteiger partial charge in [0, 0.05) is 26.2 Å². The van der Waals surface area contributed by atoms with E-state index in [-0.39, 0.29) is 26.2 Å². The number of nitrogens with zero attached hydrogens (tertiary/aromatic N) is 1. The Bertz CT molecular complexity index is 32.6. The van der Waals surface area contributed by atoms with Crippen LogP contribution in [0.25, 0.3) is 0 Å². The SMILES string of the molecule is O=[N+]([O-])Cl.[Zr]. The standard InChI is InChI=1S/ClNO2.Zr/c1-2(3)4;. The van der Waals surface area contributed by atoms with Gasteiger partial charge < -0.3 is 0 Å². The van der Waals surface area contributed by atoms with Crippen molar-refractivity contribution in [1.82, 2.24) is 0 Å². The minimum atomic E-state index is -1.03. The van der Waals surface area contributed by atoms with Gasteiger partial charge in [-0.15, -0.1) is 0 Å². The van der Waals surface area contributed by atoms with E-state index >= 15 is 0 Å². The van der Waals surface area contributed by atoms with Crippen LogP contribution < -0.4 is 0 Å². The maximum absolute atomic E-state index is 8.57. The minimum absolute atomic E-state index is 0. The van der Waals surface area contributed by atoms with Crippen molar-refractivity contribution in [2.24, 2.45) is 0 Å². The van der Waals surface area contributed by atoms with Crippen LogP contribution in [0.3, 0.4) is 0 Å². The first-order chi connectivity index (χ1) is 1.73. The largest absolute Gasteiger partial charge is 0.333 e. The number of halogens is 1. The van der Waals surface area contributed by atoms with Gasteiger partial charge in [-0.3, -0.25) is 0 Å². The average Bonchev–Trinajstić information content (AvgIpc) is 0.811. The summed E-state index contributed by atoms with van der Waals surface area (Å²) in [6.45, 7) is 0. The summed E-state index contributed by atoms with van der Waals surface area (Å²) in [5.41, 5.74) is 0. The smallest absolute Gasteiger partial charge is 0.243 e. The van der Waals surface area contributed by atoms with Gasteiger partial charge in [-0.2, -0.15) is 0 Å². The molecule has 0 aromatic carbocycles. The molecular formula is ClNO2Zr. The van der Waals surface area contributed by atoms with E-state index in [0.717, 1.165) is 0 Å². The molecule has 0 radical (unpaired) electrons. The third-order valence-electron chi connectivity index (χ3n) is 0. The molecule has 0 aromatic heterocycles. The summed E-state index contributed by atoms with van der Waals surface area (Å²) >= 11 is 4.00. The third-order valence-corrected chi connectivity index (χ3v) is 0. The molecule has 0 amide bonds. The summed E-state index contributed by atoms with van der Waals surface area (Å²) in [6, 6.07) is 0. The van der Waals surface area contributed by atoms with E-state index in [9.17, 15) is 0 Å². The summed E-state index contributed by atoms with van der Waals surface area (Å²) in [7, 11) is 0. The van der Waals surface area contributed by atoms with E-state index in [2.05, 4.69) is 11.8 Å². The van der Waals surface area contributed by atoms with Crippen LogP contribution in [0.15, 0.2) is 0 Å². The quantitative estimate of drug-likeness (QED) is 0.302. The number of nitro groups is 1. The van der Waals surface area contributed by atoms with Gasteiger partial charge in [0.1, 0.15) is 0 Å². The van der Waals surface area contributed by atoms with E-state index in [1.165, 1.54) is 0 Å². The van der Waals surface area contributed by atoms with Gasteiger partial charge >= 0.3 is 11.8 Å². The van der Waals surface area contributed by atoms with E-state index < -0.39 is 4.44 Å². The van der Waals surface area contributed by atoms with Gasteiger partial charge in [-0.1, -0.05) is 0 Å². The molecule has 0 N–H and O–H groups in total. The molecule has 0 heterocycles. The van der Waals surface area contributed by atoms with Crippen LogP contribution in [0.4, 0.5) is 0 Å². The Morgan fingerprint density at radius 2 is 1.80 bits per heavy atom. The predicted molar refractivity (Wildman–Crippen MR) is 12.8 cm³/mol. The van der Waals surface area contributed by atoms with Crippen molar-refractivity contribution in [3.8, 4) is 0 Å². The molecule has 0 rings (SSSR count). The molecule has 0 fully saturated rings. The molecule has 0 saturated heterocycles. The molecule has 0 spiro atoms. The van der Waals surface area contributed by atoms with Gasteiger partial charge in [0.2, 0.25) is 0 Å². The Hall–Kier alpha value is 0.573. The monoisotopic (exact) mass is 171 g/mol. The zero-order valence-corrected chi connectivity index (χ0v) is 5.36. The van der Waals surface area contributed by atoms with E-state index in [0.29, 0.717) is 0 Å². The molecule has 28 valence electrons. The van der Waals surface area contributed by atoms with Gasteiger partial charge in [0.15, 0.2) is 4.44 Å². The van der Waals surface area contributed by atoms with Crippen LogP contribution in [-0.2, 0) is 26.2 Å². The Morgan fingerprint density at radius 1 is 1.80 bits per heavy atom. The summed E-state index contributed by atoms with van der Waals surface area (Å²) in [5, 5.41) is 8.57. The molecule has 0 aliphatic carbocycles. The van der Waals surface area contributed by atoms with Crippen molar-refractivity contribution in [3.63, 3.8) is 0 Å². The fourth-order valence-corrected chi connectivity index (χ4v) is 0. The number of hydrogen-bond donors (Lipinski definition) is 0. The number of rotatable bonds is 0. The van der Waals surface area contributed by atoms with Crippen LogP contribution >= 0.6 is 11.8 Å². The second kappa shape index (κ2) is 4.57. The van der Waals surface area contributed by atoms with E-state index in [4.69, 9.17) is 10.1 Å². The van der Waals surface area contributed by atoms with Gasteiger partial charge in [-0.05, 0) is 0 Å². The molecule has 5 heavy (non-hydrogen) atoms. The van der Waals surface area contributed by atoms with Crippen LogP contribution in [-0.4, -0.2) is 4.44 Å². The Kier molecular flexibility index (Phi) is 8.35. The molecule has 0 unspecified atom stereocenters. The van der Waals surface area contributed by atoms with Gasteiger partial charge in [0.05, 0.1) is 0 Å². The van der Waals surface area contributed by atoms with Crippen molar-refractivity contribution in [2.45, 2.75) is 0 Å². The van der Waals surface area contributed by atoms with Crippen molar-refractivity contribution in [2.75, 3.05) is 0 Å². The van der Waals surface area contributed by atoms with Crippen molar-refractivity contribution < 1.29 is 30.6 Å². The van der Waals surface area contributed by atoms with Crippen molar-refractivity contribution in [3.05, 3.63) is 10.1 Å². The molecule has 0 atom stereocenters. The van der Waals surface area contributed by atoms with Crippen LogP contribution in [0.5, 0.6) is 0 Å². The Labute approximate surface area is 52.7 Å². The average molecular weight is 173 g/mol. The minimum Gasteiger partial charge on any atom is -0.243 e. The summed E-state index contributed by atoms with van der Waals surface area (Å²) in [6.07, 6.45) is 0. The molecule has 0 saturated carbocycles. The maximum Gasteiger partial charge on any atom is 0.333 e. The molecular weight excluding hydrogens is 173 g/mol. The van der Waals surface area contributed by atoms with Gasteiger partial charge in [0.25, 0.3) is 0 Å². The van der Waals surface area contributed by atoms with Gasteiger partial charge in [-0.25, -0.2) is 10.1 Å². The Morgan fingerprint density at radius 3 is 1.80 bits per heavy atom. The fraction of sp³-hybridized carbons (Fsp3) is 0. The summed E-state index contributed by atoms with van der Waals surface area (Å²) < 4.78 is -1.03. The summed E-state index contributed by atoms with van der Waals surface area (Å²) in [5.74, 6) is 0. The normalized spacial score (nSPS) is 5.00. The zero-order valence-electron chi connectivity index (χ0n) is 2.14. The molecule has 0 aromatic rings. The molecule has 0 aliphatic heterocycles. The van der Waals surface area contributed by atoms with Crippen molar-refractivity contribution >= 4 is 11.8 Å². The summed E-state index contributed by atoms with van der Waals surface area (Å²) in [4.78, 5) is 8.57. The first-order valence-corrected chi connectivity index (χ1v) is 0.872. The van der Waals surface area contributed by atoms with Crippen LogP contribution in [0, 0.1) is 10.1 Å². The molecule has 0 bridgehead atoms. The molecule has 0 aliphatic rings.